The summed E-state index contributed by atoms with van der Waals surface area (Å²) < 4.78 is 11.5. The molecule has 4 heterocycles. The summed E-state index contributed by atoms with van der Waals surface area (Å²) in [5.74, 6) is 0. The zero-order valence-electron chi connectivity index (χ0n) is 30.8. The second-order valence-corrected chi connectivity index (χ2v) is 14.7. The molecule has 4 heteroatoms. The van der Waals surface area contributed by atoms with Gasteiger partial charge in [0.05, 0.1) is 39.1 Å². The summed E-state index contributed by atoms with van der Waals surface area (Å²) in [6.07, 6.45) is 0. The molecule has 4 aromatic heterocycles. The maximum Gasteiger partial charge on any atom is 0.159 e. The topological polar surface area (TPSA) is 35.9 Å². The van der Waals surface area contributed by atoms with Gasteiger partial charge in [-0.1, -0.05) is 152 Å². The van der Waals surface area contributed by atoms with Crippen LogP contribution in [0, 0.1) is 0 Å². The Labute approximate surface area is 328 Å². The molecule has 0 amide bonds. The van der Waals surface area contributed by atoms with E-state index in [1.54, 1.807) is 0 Å². The van der Waals surface area contributed by atoms with Crippen LogP contribution < -0.4 is 0 Å². The molecule has 0 aliphatic rings. The molecule has 8 aromatic carbocycles. The summed E-state index contributed by atoms with van der Waals surface area (Å²) in [6.45, 7) is 0. The van der Waals surface area contributed by atoms with E-state index in [0.717, 1.165) is 89.0 Å². The predicted molar refractivity (Wildman–Crippen MR) is 237 cm³/mol. The minimum atomic E-state index is 0.880. The van der Waals surface area contributed by atoms with Gasteiger partial charge in [0.2, 0.25) is 0 Å². The van der Waals surface area contributed by atoms with Crippen LogP contribution in [0.25, 0.3) is 111 Å². The number of rotatable bonds is 5. The Morgan fingerprint density at radius 3 is 1.56 bits per heavy atom. The third-order valence-corrected chi connectivity index (χ3v) is 11.5. The molecule has 266 valence electrons. The summed E-state index contributed by atoms with van der Waals surface area (Å²) in [5, 5.41) is 7.04. The number of aromatic nitrogens is 3. The molecule has 0 N–H and O–H groups in total. The molecular weight excluding hydrogens is 695 g/mol. The summed E-state index contributed by atoms with van der Waals surface area (Å²) in [6, 6.07) is 71.2. The molecular formula is C53H33N3O. The van der Waals surface area contributed by atoms with E-state index in [1.807, 2.05) is 12.1 Å². The Kier molecular flexibility index (Phi) is 6.89. The van der Waals surface area contributed by atoms with Gasteiger partial charge in [0.25, 0.3) is 0 Å². The molecule has 0 aliphatic carbocycles. The van der Waals surface area contributed by atoms with Crippen LogP contribution in [0.15, 0.2) is 205 Å². The van der Waals surface area contributed by atoms with Gasteiger partial charge in [-0.3, -0.25) is 0 Å². The van der Waals surface area contributed by atoms with Gasteiger partial charge in [0, 0.05) is 49.1 Å². The standard InChI is InChI=1S/C53H33N3O/c1-3-14-34(15-4-1)37-32-45(35-16-5-2-6-17-35)54-46(33-37)36-26-28-38(29-27-36)55-47-22-10-7-18-39(47)42-30-31-43-40-19-8-11-23-48(40)56(52(43)51(42)55)49-24-13-21-44-41-20-9-12-25-50(41)57-53(44)49/h1-33H. The number of furan rings is 1. The Morgan fingerprint density at radius 2 is 0.877 bits per heavy atom. The summed E-state index contributed by atoms with van der Waals surface area (Å²) in [7, 11) is 0. The highest BCUT2D eigenvalue weighted by Gasteiger charge is 2.23. The fraction of sp³-hybridized carbons (Fsp3) is 0. The molecule has 12 rings (SSSR count). The van der Waals surface area contributed by atoms with Crippen molar-refractivity contribution in [1.82, 2.24) is 14.1 Å². The second-order valence-electron chi connectivity index (χ2n) is 14.7. The molecule has 0 fully saturated rings. The maximum absolute atomic E-state index is 6.69. The number of benzene rings is 8. The number of para-hydroxylation sites is 4. The SMILES string of the molecule is c1ccc(-c2cc(-c3ccccc3)nc(-c3ccc(-n4c5ccccc5c5ccc6c7ccccc7n(-c7cccc8c7oc7ccccc78)c6c54)cc3)c2)cc1. The fourth-order valence-electron chi connectivity index (χ4n) is 8.94. The Hall–Kier alpha value is -7.69. The highest BCUT2D eigenvalue weighted by molar-refractivity contribution is 6.24. The monoisotopic (exact) mass is 727 g/mol. The average Bonchev–Trinajstić information content (AvgIpc) is 3.95. The van der Waals surface area contributed by atoms with Crippen LogP contribution in [0.3, 0.4) is 0 Å². The first-order chi connectivity index (χ1) is 28.3. The lowest BCUT2D eigenvalue weighted by Crippen LogP contribution is -1.99. The van der Waals surface area contributed by atoms with Gasteiger partial charge in [0.1, 0.15) is 5.58 Å². The van der Waals surface area contributed by atoms with E-state index < -0.39 is 0 Å². The average molecular weight is 728 g/mol. The molecule has 0 spiro atoms. The third-order valence-electron chi connectivity index (χ3n) is 11.5. The van der Waals surface area contributed by atoms with Crippen molar-refractivity contribution in [2.45, 2.75) is 0 Å². The lowest BCUT2D eigenvalue weighted by molar-refractivity contribution is 0.666. The van der Waals surface area contributed by atoms with E-state index in [-0.39, 0.29) is 0 Å². The zero-order chi connectivity index (χ0) is 37.5. The molecule has 0 bridgehead atoms. The number of hydrogen-bond donors (Lipinski definition) is 0. The van der Waals surface area contributed by atoms with Crippen LogP contribution in [-0.4, -0.2) is 14.1 Å². The minimum Gasteiger partial charge on any atom is -0.454 e. The molecule has 0 saturated heterocycles. The van der Waals surface area contributed by atoms with Crippen molar-refractivity contribution in [2.24, 2.45) is 0 Å². The fourth-order valence-corrected chi connectivity index (χ4v) is 8.94. The Balaban J connectivity index is 1.11. The first-order valence-corrected chi connectivity index (χ1v) is 19.4. The first-order valence-electron chi connectivity index (χ1n) is 19.4. The molecule has 0 saturated carbocycles. The van der Waals surface area contributed by atoms with Crippen molar-refractivity contribution >= 4 is 65.6 Å². The lowest BCUT2D eigenvalue weighted by Gasteiger charge is -2.14. The van der Waals surface area contributed by atoms with E-state index in [9.17, 15) is 0 Å². The van der Waals surface area contributed by atoms with Crippen LogP contribution in [0.5, 0.6) is 0 Å². The number of hydrogen-bond acceptors (Lipinski definition) is 2. The van der Waals surface area contributed by atoms with E-state index in [2.05, 4.69) is 197 Å². The molecule has 0 atom stereocenters. The first kappa shape index (κ1) is 31.6. The van der Waals surface area contributed by atoms with Gasteiger partial charge < -0.3 is 13.6 Å². The summed E-state index contributed by atoms with van der Waals surface area (Å²) in [5.41, 5.74) is 14.8. The number of fused-ring (bicyclic) bond motifs is 10. The van der Waals surface area contributed by atoms with Crippen molar-refractivity contribution in [2.75, 3.05) is 0 Å². The molecule has 0 radical (unpaired) electrons. The van der Waals surface area contributed by atoms with Crippen LogP contribution in [0.2, 0.25) is 0 Å². The van der Waals surface area contributed by atoms with Crippen LogP contribution in [0.4, 0.5) is 0 Å². The Morgan fingerprint density at radius 1 is 0.351 bits per heavy atom. The quantitative estimate of drug-likeness (QED) is 0.177. The van der Waals surface area contributed by atoms with Gasteiger partial charge in [-0.05, 0) is 59.7 Å². The second kappa shape index (κ2) is 12.4. The van der Waals surface area contributed by atoms with Crippen molar-refractivity contribution < 1.29 is 4.42 Å². The van der Waals surface area contributed by atoms with Crippen molar-refractivity contribution in [3.63, 3.8) is 0 Å². The largest absolute Gasteiger partial charge is 0.454 e. The highest BCUT2D eigenvalue weighted by Crippen LogP contribution is 2.44. The third kappa shape index (κ3) is 4.84. The van der Waals surface area contributed by atoms with Crippen molar-refractivity contribution in [3.8, 4) is 45.0 Å². The minimum absolute atomic E-state index is 0.880. The molecule has 0 unspecified atom stereocenters. The molecule has 4 nitrogen and oxygen atoms in total. The molecule has 57 heavy (non-hydrogen) atoms. The number of nitrogens with zero attached hydrogens (tertiary/aromatic N) is 3. The van der Waals surface area contributed by atoms with Crippen LogP contribution >= 0.6 is 0 Å². The highest BCUT2D eigenvalue weighted by atomic mass is 16.3. The van der Waals surface area contributed by atoms with Gasteiger partial charge in [-0.2, -0.15) is 0 Å². The summed E-state index contributed by atoms with van der Waals surface area (Å²) in [4.78, 5) is 5.22. The van der Waals surface area contributed by atoms with Crippen molar-refractivity contribution in [3.05, 3.63) is 200 Å². The van der Waals surface area contributed by atoms with Gasteiger partial charge in [-0.15, -0.1) is 0 Å². The molecule has 12 aromatic rings. The summed E-state index contributed by atoms with van der Waals surface area (Å²) >= 11 is 0. The van der Waals surface area contributed by atoms with E-state index in [0.29, 0.717) is 0 Å². The van der Waals surface area contributed by atoms with Crippen LogP contribution in [0.1, 0.15) is 0 Å². The van der Waals surface area contributed by atoms with Gasteiger partial charge in [0.15, 0.2) is 5.58 Å². The van der Waals surface area contributed by atoms with Crippen molar-refractivity contribution in [1.29, 1.82) is 0 Å². The number of pyridine rings is 1. The van der Waals surface area contributed by atoms with Gasteiger partial charge in [-0.25, -0.2) is 4.98 Å². The zero-order valence-corrected chi connectivity index (χ0v) is 30.8. The maximum atomic E-state index is 6.69. The van der Waals surface area contributed by atoms with Gasteiger partial charge >= 0.3 is 0 Å². The molecule has 0 aliphatic heterocycles. The van der Waals surface area contributed by atoms with E-state index in [4.69, 9.17) is 9.40 Å². The Bertz CT molecular complexity index is 3440. The van der Waals surface area contributed by atoms with E-state index >= 15 is 0 Å². The van der Waals surface area contributed by atoms with E-state index in [1.165, 1.54) is 21.5 Å². The normalized spacial score (nSPS) is 11.9. The predicted octanol–water partition coefficient (Wildman–Crippen LogP) is 14.2. The van der Waals surface area contributed by atoms with Crippen LogP contribution in [-0.2, 0) is 0 Å². The smallest absolute Gasteiger partial charge is 0.159 e. The lowest BCUT2D eigenvalue weighted by atomic mass is 10.00.